The Kier molecular flexibility index (Phi) is 4.02. The third-order valence-corrected chi connectivity index (χ3v) is 3.05. The van der Waals surface area contributed by atoms with Crippen molar-refractivity contribution in [2.75, 3.05) is 26.4 Å². The summed E-state index contributed by atoms with van der Waals surface area (Å²) in [7, 11) is 0. The fourth-order valence-electron chi connectivity index (χ4n) is 2.21. The van der Waals surface area contributed by atoms with Crippen molar-refractivity contribution in [1.29, 1.82) is 0 Å². The Balaban J connectivity index is 1.97. The monoisotopic (exact) mass is 235 g/mol. The highest BCUT2D eigenvalue weighted by Gasteiger charge is 2.27. The molecule has 3 nitrogen and oxygen atoms in total. The first-order valence-corrected chi connectivity index (χ1v) is 6.26. The van der Waals surface area contributed by atoms with E-state index in [1.54, 1.807) is 0 Å². The van der Waals surface area contributed by atoms with Crippen LogP contribution in [0.4, 0.5) is 0 Å². The Morgan fingerprint density at radius 1 is 1.35 bits per heavy atom. The molecule has 1 aromatic rings. The molecular weight excluding hydrogens is 214 g/mol. The van der Waals surface area contributed by atoms with E-state index in [0.29, 0.717) is 6.61 Å². The van der Waals surface area contributed by atoms with Gasteiger partial charge in [0.25, 0.3) is 0 Å². The summed E-state index contributed by atoms with van der Waals surface area (Å²) in [5.41, 5.74) is 1.37. The molecule has 1 saturated heterocycles. The lowest BCUT2D eigenvalue weighted by molar-refractivity contribution is 0.0356. The molecule has 0 aliphatic carbocycles. The van der Waals surface area contributed by atoms with Crippen LogP contribution in [0.3, 0.4) is 0 Å². The van der Waals surface area contributed by atoms with Crippen LogP contribution in [0.2, 0.25) is 0 Å². The van der Waals surface area contributed by atoms with Crippen LogP contribution in [-0.2, 0) is 11.2 Å². The van der Waals surface area contributed by atoms with Crippen LogP contribution in [-0.4, -0.2) is 31.9 Å². The maximum absolute atomic E-state index is 5.53. The smallest absolute Gasteiger partial charge is 0.119 e. The highest BCUT2D eigenvalue weighted by molar-refractivity contribution is 5.28. The average Bonchev–Trinajstić information content (AvgIpc) is 2.33. The number of hydrogen-bond donors (Lipinski definition) is 1. The molecule has 1 aliphatic rings. The lowest BCUT2D eigenvalue weighted by atomic mass is 9.93. The first-order chi connectivity index (χ1) is 8.22. The number of morpholine rings is 1. The zero-order valence-corrected chi connectivity index (χ0v) is 10.7. The Bertz CT molecular complexity index is 342. The molecule has 1 fully saturated rings. The molecule has 17 heavy (non-hydrogen) atoms. The van der Waals surface area contributed by atoms with Crippen molar-refractivity contribution in [3.05, 3.63) is 29.8 Å². The van der Waals surface area contributed by atoms with Gasteiger partial charge in [0.15, 0.2) is 0 Å². The van der Waals surface area contributed by atoms with Crippen molar-refractivity contribution < 1.29 is 9.47 Å². The lowest BCUT2D eigenvalue weighted by Gasteiger charge is -2.35. The van der Waals surface area contributed by atoms with Crippen LogP contribution in [0.25, 0.3) is 0 Å². The minimum absolute atomic E-state index is 0.0609. The van der Waals surface area contributed by atoms with Gasteiger partial charge in [-0.05, 0) is 38.0 Å². The summed E-state index contributed by atoms with van der Waals surface area (Å²) >= 11 is 0. The van der Waals surface area contributed by atoms with Crippen molar-refractivity contribution in [3.63, 3.8) is 0 Å². The molecule has 94 valence electrons. The second-order valence-corrected chi connectivity index (χ2v) is 4.79. The third-order valence-electron chi connectivity index (χ3n) is 3.05. The summed E-state index contributed by atoms with van der Waals surface area (Å²) in [6, 6.07) is 8.33. The van der Waals surface area contributed by atoms with E-state index in [2.05, 4.69) is 24.4 Å². The van der Waals surface area contributed by atoms with E-state index in [-0.39, 0.29) is 5.54 Å². The molecule has 1 unspecified atom stereocenters. The second kappa shape index (κ2) is 5.52. The van der Waals surface area contributed by atoms with Crippen molar-refractivity contribution in [3.8, 4) is 5.75 Å². The summed E-state index contributed by atoms with van der Waals surface area (Å²) in [4.78, 5) is 0. The Morgan fingerprint density at radius 2 is 2.12 bits per heavy atom. The molecule has 0 radical (unpaired) electrons. The van der Waals surface area contributed by atoms with Crippen molar-refractivity contribution in [2.24, 2.45) is 0 Å². The van der Waals surface area contributed by atoms with E-state index in [1.807, 2.05) is 19.1 Å². The molecule has 1 aliphatic heterocycles. The molecule has 0 aromatic heterocycles. The molecule has 1 aromatic carbocycles. The molecule has 0 amide bonds. The van der Waals surface area contributed by atoms with E-state index in [1.165, 1.54) is 5.56 Å². The third kappa shape index (κ3) is 3.45. The maximum atomic E-state index is 5.53. The van der Waals surface area contributed by atoms with Gasteiger partial charge in [0, 0.05) is 12.1 Å². The first-order valence-electron chi connectivity index (χ1n) is 6.26. The average molecular weight is 235 g/mol. The van der Waals surface area contributed by atoms with Gasteiger partial charge in [0.2, 0.25) is 0 Å². The van der Waals surface area contributed by atoms with Gasteiger partial charge in [-0.2, -0.15) is 0 Å². The van der Waals surface area contributed by atoms with Crippen LogP contribution < -0.4 is 10.1 Å². The van der Waals surface area contributed by atoms with Gasteiger partial charge in [-0.15, -0.1) is 0 Å². The van der Waals surface area contributed by atoms with E-state index < -0.39 is 0 Å². The number of rotatable bonds is 4. The topological polar surface area (TPSA) is 30.5 Å². The Morgan fingerprint density at radius 3 is 2.71 bits per heavy atom. The minimum atomic E-state index is 0.0609. The predicted molar refractivity (Wildman–Crippen MR) is 68.5 cm³/mol. The summed E-state index contributed by atoms with van der Waals surface area (Å²) in [6.07, 6.45) is 0.986. The molecule has 0 bridgehead atoms. The first kappa shape index (κ1) is 12.4. The summed E-state index contributed by atoms with van der Waals surface area (Å²) in [5.74, 6) is 0.939. The molecule has 2 rings (SSSR count). The van der Waals surface area contributed by atoms with Crippen molar-refractivity contribution in [2.45, 2.75) is 25.8 Å². The van der Waals surface area contributed by atoms with Gasteiger partial charge in [0.1, 0.15) is 5.75 Å². The van der Waals surface area contributed by atoms with Gasteiger partial charge >= 0.3 is 0 Å². The molecule has 1 atom stereocenters. The fourth-order valence-corrected chi connectivity index (χ4v) is 2.21. The SMILES string of the molecule is CCOc1ccc(CC2(C)COCCN2)cc1. The quantitative estimate of drug-likeness (QED) is 0.866. The summed E-state index contributed by atoms with van der Waals surface area (Å²) < 4.78 is 11.0. The summed E-state index contributed by atoms with van der Waals surface area (Å²) in [6.45, 7) is 7.46. The van der Waals surface area contributed by atoms with E-state index in [0.717, 1.165) is 31.9 Å². The fraction of sp³-hybridized carbons (Fsp3) is 0.571. The van der Waals surface area contributed by atoms with Crippen molar-refractivity contribution in [1.82, 2.24) is 5.32 Å². The standard InChI is InChI=1S/C14H21NO2/c1-3-17-13-6-4-12(5-7-13)10-14(2)11-16-9-8-15-14/h4-7,15H,3,8-11H2,1-2H3. The lowest BCUT2D eigenvalue weighted by Crippen LogP contribution is -2.53. The molecule has 1 heterocycles. The molecule has 1 N–H and O–H groups in total. The van der Waals surface area contributed by atoms with Gasteiger partial charge in [-0.3, -0.25) is 0 Å². The van der Waals surface area contributed by atoms with Crippen LogP contribution in [0.15, 0.2) is 24.3 Å². The van der Waals surface area contributed by atoms with Gasteiger partial charge < -0.3 is 14.8 Å². The van der Waals surface area contributed by atoms with Crippen LogP contribution in [0, 0.1) is 0 Å². The largest absolute Gasteiger partial charge is 0.494 e. The zero-order valence-electron chi connectivity index (χ0n) is 10.7. The van der Waals surface area contributed by atoms with Crippen LogP contribution >= 0.6 is 0 Å². The van der Waals surface area contributed by atoms with E-state index in [4.69, 9.17) is 9.47 Å². The normalized spacial score (nSPS) is 24.6. The van der Waals surface area contributed by atoms with Crippen LogP contribution in [0.5, 0.6) is 5.75 Å². The Hall–Kier alpha value is -1.06. The number of benzene rings is 1. The zero-order chi connectivity index (χ0) is 12.1. The van der Waals surface area contributed by atoms with Gasteiger partial charge in [0.05, 0.1) is 19.8 Å². The van der Waals surface area contributed by atoms with Crippen LogP contribution in [0.1, 0.15) is 19.4 Å². The summed E-state index contributed by atoms with van der Waals surface area (Å²) in [5, 5.41) is 3.53. The number of nitrogens with one attached hydrogen (secondary N) is 1. The highest BCUT2D eigenvalue weighted by atomic mass is 16.5. The molecular formula is C14H21NO2. The highest BCUT2D eigenvalue weighted by Crippen LogP contribution is 2.19. The number of hydrogen-bond acceptors (Lipinski definition) is 3. The van der Waals surface area contributed by atoms with E-state index >= 15 is 0 Å². The van der Waals surface area contributed by atoms with Gasteiger partial charge in [-0.25, -0.2) is 0 Å². The minimum Gasteiger partial charge on any atom is -0.494 e. The Labute approximate surface area is 103 Å². The number of ether oxygens (including phenoxy) is 2. The second-order valence-electron chi connectivity index (χ2n) is 4.79. The van der Waals surface area contributed by atoms with E-state index in [9.17, 15) is 0 Å². The molecule has 3 heteroatoms. The van der Waals surface area contributed by atoms with Crippen molar-refractivity contribution >= 4 is 0 Å². The molecule has 0 spiro atoms. The predicted octanol–water partition coefficient (Wildman–Crippen LogP) is 2.01. The van der Waals surface area contributed by atoms with Gasteiger partial charge in [-0.1, -0.05) is 12.1 Å². The maximum Gasteiger partial charge on any atom is 0.119 e. The molecule has 0 saturated carbocycles.